The van der Waals surface area contributed by atoms with Crippen LogP contribution in [0.1, 0.15) is 34.6 Å². The highest BCUT2D eigenvalue weighted by Gasteiger charge is 2.22. The van der Waals surface area contributed by atoms with Crippen molar-refractivity contribution in [3.63, 3.8) is 0 Å². The molecule has 2 rings (SSSR count). The van der Waals surface area contributed by atoms with E-state index in [2.05, 4.69) is 0 Å². The molecule has 0 radical (unpaired) electrons. The third-order valence-corrected chi connectivity index (χ3v) is 3.29. The maximum absolute atomic E-state index is 12.2. The number of carbonyl (C=O) groups excluding carboxylic acids is 1. The molecule has 0 saturated heterocycles. The lowest BCUT2D eigenvalue weighted by atomic mass is 9.91. The van der Waals surface area contributed by atoms with E-state index in [1.807, 2.05) is 69.6 Å². The summed E-state index contributed by atoms with van der Waals surface area (Å²) in [5.74, 6) is 1.10. The van der Waals surface area contributed by atoms with Gasteiger partial charge in [0.15, 0.2) is 5.78 Å². The second kappa shape index (κ2) is 5.31. The van der Waals surface area contributed by atoms with E-state index in [9.17, 15) is 4.79 Å². The highest BCUT2D eigenvalue weighted by molar-refractivity contribution is 5.89. The Kier molecular flexibility index (Phi) is 3.89. The van der Waals surface area contributed by atoms with Crippen molar-refractivity contribution in [1.29, 1.82) is 0 Å². The van der Waals surface area contributed by atoms with E-state index in [0.717, 1.165) is 16.7 Å². The molecule has 1 heterocycles. The second-order valence-electron chi connectivity index (χ2n) is 6.47. The van der Waals surface area contributed by atoms with Gasteiger partial charge in [-0.15, -0.1) is 0 Å². The molecule has 0 spiro atoms. The molecular formula is C17H23NO2. The molecule has 3 nitrogen and oxygen atoms in total. The predicted molar refractivity (Wildman–Crippen MR) is 82.2 cm³/mol. The van der Waals surface area contributed by atoms with Gasteiger partial charge in [-0.3, -0.25) is 4.79 Å². The lowest BCUT2D eigenvalue weighted by Crippen LogP contribution is -2.24. The van der Waals surface area contributed by atoms with Gasteiger partial charge in [0.2, 0.25) is 0 Å². The van der Waals surface area contributed by atoms with Gasteiger partial charge in [0.1, 0.15) is 5.75 Å². The van der Waals surface area contributed by atoms with E-state index in [1.54, 1.807) is 0 Å². The molecule has 108 valence electrons. The van der Waals surface area contributed by atoms with Crippen molar-refractivity contribution < 1.29 is 9.53 Å². The second-order valence-corrected chi connectivity index (χ2v) is 6.47. The minimum atomic E-state index is -0.317. The van der Waals surface area contributed by atoms with E-state index in [-0.39, 0.29) is 17.3 Å². The number of aromatic nitrogens is 1. The van der Waals surface area contributed by atoms with Crippen LogP contribution in [-0.4, -0.2) is 16.5 Å². The van der Waals surface area contributed by atoms with Crippen LogP contribution < -0.4 is 4.74 Å². The van der Waals surface area contributed by atoms with Gasteiger partial charge in [0.25, 0.3) is 0 Å². The van der Waals surface area contributed by atoms with Crippen molar-refractivity contribution in [2.45, 2.75) is 47.3 Å². The Bertz CT molecular complexity index is 617. The lowest BCUT2D eigenvalue weighted by Gasteiger charge is -2.17. The number of fused-ring (bicyclic) bond motifs is 1. The monoisotopic (exact) mass is 273 g/mol. The summed E-state index contributed by atoms with van der Waals surface area (Å²) in [7, 11) is 0. The predicted octanol–water partition coefficient (Wildman–Crippen LogP) is 4.04. The Balaban J connectivity index is 2.36. The smallest absolute Gasteiger partial charge is 0.157 e. The Labute approximate surface area is 120 Å². The van der Waals surface area contributed by atoms with Crippen LogP contribution in [0.25, 0.3) is 10.9 Å². The average Bonchev–Trinajstić information content (AvgIpc) is 2.72. The van der Waals surface area contributed by atoms with Gasteiger partial charge in [-0.1, -0.05) is 26.8 Å². The first-order valence-electron chi connectivity index (χ1n) is 7.07. The molecule has 0 unspecified atom stereocenters. The zero-order valence-electron chi connectivity index (χ0n) is 12.9. The first-order valence-corrected chi connectivity index (χ1v) is 7.07. The molecule has 1 aromatic carbocycles. The summed E-state index contributed by atoms with van der Waals surface area (Å²) in [6, 6.07) is 7.98. The summed E-state index contributed by atoms with van der Waals surface area (Å²) in [5.41, 5.74) is 0.726. The third kappa shape index (κ3) is 3.03. The van der Waals surface area contributed by atoms with Crippen molar-refractivity contribution in [2.75, 3.05) is 0 Å². The van der Waals surface area contributed by atoms with E-state index in [4.69, 9.17) is 4.74 Å². The number of carbonyl (C=O) groups is 1. The summed E-state index contributed by atoms with van der Waals surface area (Å²) in [4.78, 5) is 12.2. The van der Waals surface area contributed by atoms with Gasteiger partial charge in [-0.2, -0.15) is 0 Å². The molecule has 0 bridgehead atoms. The van der Waals surface area contributed by atoms with E-state index in [1.165, 1.54) is 0 Å². The van der Waals surface area contributed by atoms with Crippen molar-refractivity contribution in [3.8, 4) is 5.75 Å². The number of hydrogen-bond acceptors (Lipinski definition) is 2. The molecule has 0 aliphatic carbocycles. The summed E-state index contributed by atoms with van der Waals surface area (Å²) >= 11 is 0. The zero-order valence-corrected chi connectivity index (χ0v) is 12.9. The van der Waals surface area contributed by atoms with Crippen molar-refractivity contribution >= 4 is 16.7 Å². The molecular weight excluding hydrogens is 250 g/mol. The number of benzene rings is 1. The van der Waals surface area contributed by atoms with Crippen LogP contribution in [0, 0.1) is 5.41 Å². The molecule has 3 heteroatoms. The van der Waals surface area contributed by atoms with Gasteiger partial charge in [0, 0.05) is 17.0 Å². The number of nitrogens with zero attached hydrogens (tertiary/aromatic N) is 1. The third-order valence-electron chi connectivity index (χ3n) is 3.29. The number of hydrogen-bond donors (Lipinski definition) is 0. The first kappa shape index (κ1) is 14.6. The van der Waals surface area contributed by atoms with Crippen molar-refractivity contribution in [2.24, 2.45) is 5.41 Å². The van der Waals surface area contributed by atoms with Crippen molar-refractivity contribution in [3.05, 3.63) is 30.5 Å². The van der Waals surface area contributed by atoms with E-state index >= 15 is 0 Å². The van der Waals surface area contributed by atoms with E-state index < -0.39 is 0 Å². The fraction of sp³-hybridized carbons (Fsp3) is 0.471. The largest absolute Gasteiger partial charge is 0.490 e. The van der Waals surface area contributed by atoms with Gasteiger partial charge < -0.3 is 9.30 Å². The minimum Gasteiger partial charge on any atom is -0.490 e. The Morgan fingerprint density at radius 1 is 1.25 bits per heavy atom. The maximum Gasteiger partial charge on any atom is 0.157 e. The highest BCUT2D eigenvalue weighted by atomic mass is 16.5. The molecule has 0 saturated carbocycles. The molecule has 0 fully saturated rings. The van der Waals surface area contributed by atoms with Crippen LogP contribution in [0.2, 0.25) is 0 Å². The summed E-state index contributed by atoms with van der Waals surface area (Å²) < 4.78 is 7.81. The molecule has 0 aliphatic heterocycles. The quantitative estimate of drug-likeness (QED) is 0.841. The normalized spacial score (nSPS) is 12.1. The fourth-order valence-electron chi connectivity index (χ4n) is 2.08. The van der Waals surface area contributed by atoms with Gasteiger partial charge in [-0.25, -0.2) is 0 Å². The molecule has 0 aliphatic rings. The number of ketones is 1. The minimum absolute atomic E-state index is 0.139. The van der Waals surface area contributed by atoms with Crippen LogP contribution in [0.4, 0.5) is 0 Å². The molecule has 20 heavy (non-hydrogen) atoms. The Morgan fingerprint density at radius 2 is 1.95 bits per heavy atom. The maximum atomic E-state index is 12.2. The SMILES string of the molecule is CC(C)Oc1cccc2c1ccn2CC(=O)C(C)(C)C. The van der Waals surface area contributed by atoms with Crippen LogP contribution in [-0.2, 0) is 11.3 Å². The molecule has 0 atom stereocenters. The molecule has 0 amide bonds. The number of ether oxygens (including phenoxy) is 1. The van der Waals surface area contributed by atoms with Gasteiger partial charge >= 0.3 is 0 Å². The van der Waals surface area contributed by atoms with Crippen molar-refractivity contribution in [1.82, 2.24) is 4.57 Å². The van der Waals surface area contributed by atoms with Crippen LogP contribution >= 0.6 is 0 Å². The standard InChI is InChI=1S/C17H23NO2/c1-12(2)20-15-8-6-7-14-13(15)9-10-18(14)11-16(19)17(3,4)5/h6-10,12H,11H2,1-5H3. The Hall–Kier alpha value is -1.77. The molecule has 2 aromatic rings. The van der Waals surface area contributed by atoms with E-state index in [0.29, 0.717) is 6.54 Å². The van der Waals surface area contributed by atoms with Gasteiger partial charge in [0.05, 0.1) is 18.2 Å². The van der Waals surface area contributed by atoms with Crippen LogP contribution in [0.15, 0.2) is 30.5 Å². The topological polar surface area (TPSA) is 31.2 Å². The lowest BCUT2D eigenvalue weighted by molar-refractivity contribution is -0.126. The molecule has 0 N–H and O–H groups in total. The average molecular weight is 273 g/mol. The number of Topliss-reactive ketones (excluding diaryl/α,β-unsaturated/α-hetero) is 1. The summed E-state index contributed by atoms with van der Waals surface area (Å²) in [5, 5.41) is 1.06. The highest BCUT2D eigenvalue weighted by Crippen LogP contribution is 2.28. The summed E-state index contributed by atoms with van der Waals surface area (Å²) in [6.07, 6.45) is 2.10. The zero-order chi connectivity index (χ0) is 14.9. The van der Waals surface area contributed by atoms with Crippen LogP contribution in [0.5, 0.6) is 5.75 Å². The molecule has 1 aromatic heterocycles. The van der Waals surface area contributed by atoms with Gasteiger partial charge in [-0.05, 0) is 32.0 Å². The number of rotatable bonds is 4. The fourth-order valence-corrected chi connectivity index (χ4v) is 2.08. The van der Waals surface area contributed by atoms with Crippen LogP contribution in [0.3, 0.4) is 0 Å². The first-order chi connectivity index (χ1) is 9.29. The Morgan fingerprint density at radius 3 is 2.55 bits per heavy atom. The summed E-state index contributed by atoms with van der Waals surface area (Å²) in [6.45, 7) is 10.3.